The van der Waals surface area contributed by atoms with Gasteiger partial charge >= 0.3 is 5.97 Å². The minimum absolute atomic E-state index is 0.152. The molecular formula is C20H19F2NO3. The number of aryl methyl sites for hydroxylation is 1. The molecule has 1 amide bonds. The van der Waals surface area contributed by atoms with Crippen LogP contribution in [0.3, 0.4) is 0 Å². The molecule has 26 heavy (non-hydrogen) atoms. The van der Waals surface area contributed by atoms with Crippen LogP contribution in [0.2, 0.25) is 0 Å². The summed E-state index contributed by atoms with van der Waals surface area (Å²) in [7, 11) is 0. The molecule has 0 bridgehead atoms. The second kappa shape index (κ2) is 7.23. The van der Waals surface area contributed by atoms with Crippen molar-refractivity contribution in [2.45, 2.75) is 31.1 Å². The molecule has 0 aliphatic heterocycles. The Kier molecular flexibility index (Phi) is 5.02. The highest BCUT2D eigenvalue weighted by Crippen LogP contribution is 2.48. The van der Waals surface area contributed by atoms with E-state index in [2.05, 4.69) is 5.32 Å². The Hall–Kier alpha value is -2.76. The molecule has 1 aliphatic rings. The predicted molar refractivity (Wildman–Crippen MR) is 92.0 cm³/mol. The highest BCUT2D eigenvalue weighted by atomic mass is 19.1. The summed E-state index contributed by atoms with van der Waals surface area (Å²) in [6.07, 6.45) is 2.26. The average molecular weight is 359 g/mol. The number of carboxylic acids is 1. The fourth-order valence-corrected chi connectivity index (χ4v) is 3.04. The highest BCUT2D eigenvalue weighted by molar-refractivity contribution is 5.87. The molecular weight excluding hydrogens is 340 g/mol. The van der Waals surface area contributed by atoms with Crippen molar-refractivity contribution in [2.75, 3.05) is 6.54 Å². The molecule has 1 aliphatic carbocycles. The van der Waals surface area contributed by atoms with E-state index in [1.54, 1.807) is 12.1 Å². The fourth-order valence-electron chi connectivity index (χ4n) is 3.04. The van der Waals surface area contributed by atoms with Crippen molar-refractivity contribution in [3.8, 4) is 0 Å². The molecule has 0 radical (unpaired) electrons. The van der Waals surface area contributed by atoms with Crippen molar-refractivity contribution in [3.63, 3.8) is 0 Å². The number of amides is 1. The maximum absolute atomic E-state index is 14.0. The zero-order valence-corrected chi connectivity index (χ0v) is 14.1. The van der Waals surface area contributed by atoms with Crippen LogP contribution in [0.5, 0.6) is 0 Å². The average Bonchev–Trinajstić information content (AvgIpc) is 3.39. The van der Waals surface area contributed by atoms with Crippen LogP contribution in [0.15, 0.2) is 42.5 Å². The van der Waals surface area contributed by atoms with E-state index in [-0.39, 0.29) is 17.9 Å². The van der Waals surface area contributed by atoms with Crippen molar-refractivity contribution in [3.05, 3.63) is 70.8 Å². The van der Waals surface area contributed by atoms with Gasteiger partial charge in [0.15, 0.2) is 0 Å². The highest BCUT2D eigenvalue weighted by Gasteiger charge is 2.46. The van der Waals surface area contributed by atoms with Crippen LogP contribution in [0.25, 0.3) is 0 Å². The van der Waals surface area contributed by atoms with E-state index >= 15 is 0 Å². The molecule has 0 saturated heterocycles. The van der Waals surface area contributed by atoms with Crippen molar-refractivity contribution in [1.82, 2.24) is 5.32 Å². The molecule has 1 saturated carbocycles. The third-order valence-corrected chi connectivity index (χ3v) is 4.82. The summed E-state index contributed by atoms with van der Waals surface area (Å²) in [5, 5.41) is 11.7. The molecule has 6 heteroatoms. The van der Waals surface area contributed by atoms with Crippen molar-refractivity contribution >= 4 is 11.9 Å². The Morgan fingerprint density at radius 2 is 1.77 bits per heavy atom. The lowest BCUT2D eigenvalue weighted by molar-refractivity contribution is -0.121. The number of halogens is 2. The van der Waals surface area contributed by atoms with Crippen LogP contribution < -0.4 is 5.32 Å². The minimum Gasteiger partial charge on any atom is -0.478 e. The van der Waals surface area contributed by atoms with Crippen LogP contribution in [0.1, 0.15) is 40.7 Å². The van der Waals surface area contributed by atoms with E-state index < -0.39 is 23.0 Å². The molecule has 0 unspecified atom stereocenters. The van der Waals surface area contributed by atoms with Gasteiger partial charge in [-0.05, 0) is 48.6 Å². The number of nitrogens with one attached hydrogen (secondary N) is 1. The van der Waals surface area contributed by atoms with E-state index in [1.807, 2.05) is 0 Å². The second-order valence-electron chi connectivity index (χ2n) is 6.68. The molecule has 2 aromatic rings. The Labute approximate surface area is 149 Å². The van der Waals surface area contributed by atoms with Crippen molar-refractivity contribution in [1.29, 1.82) is 0 Å². The smallest absolute Gasteiger partial charge is 0.335 e. The predicted octanol–water partition coefficient (Wildman–Crippen LogP) is 3.44. The summed E-state index contributed by atoms with van der Waals surface area (Å²) in [6.45, 7) is 0.326. The van der Waals surface area contributed by atoms with Crippen LogP contribution >= 0.6 is 0 Å². The van der Waals surface area contributed by atoms with Crippen LogP contribution in [-0.4, -0.2) is 23.5 Å². The summed E-state index contributed by atoms with van der Waals surface area (Å²) in [6, 6.07) is 9.95. The van der Waals surface area contributed by atoms with Crippen molar-refractivity contribution < 1.29 is 23.5 Å². The van der Waals surface area contributed by atoms with Crippen LogP contribution in [-0.2, 0) is 16.6 Å². The van der Waals surface area contributed by atoms with Gasteiger partial charge in [-0.15, -0.1) is 0 Å². The van der Waals surface area contributed by atoms with E-state index in [0.717, 1.165) is 24.5 Å². The first-order chi connectivity index (χ1) is 12.4. The molecule has 1 fully saturated rings. The maximum Gasteiger partial charge on any atom is 0.335 e. The standard InChI is InChI=1S/C20H19F2NO3/c21-15-6-7-16(17(22)11-15)20(9-10-20)12-23-18(24)8-3-13-1-4-14(5-2-13)19(25)26/h1-2,4-7,11H,3,8-10,12H2,(H,23,24)(H,25,26). The van der Waals surface area contributed by atoms with Crippen molar-refractivity contribution in [2.24, 2.45) is 0 Å². The van der Waals surface area contributed by atoms with Gasteiger partial charge < -0.3 is 10.4 Å². The van der Waals surface area contributed by atoms with E-state index in [9.17, 15) is 18.4 Å². The monoisotopic (exact) mass is 359 g/mol. The molecule has 136 valence electrons. The molecule has 3 rings (SSSR count). The number of benzene rings is 2. The topological polar surface area (TPSA) is 66.4 Å². The third-order valence-electron chi connectivity index (χ3n) is 4.82. The number of aromatic carboxylic acids is 1. The van der Waals surface area contributed by atoms with Gasteiger partial charge in [-0.25, -0.2) is 13.6 Å². The van der Waals surface area contributed by atoms with Gasteiger partial charge in [0.05, 0.1) is 5.56 Å². The minimum atomic E-state index is -0.989. The zero-order chi connectivity index (χ0) is 18.7. The van der Waals surface area contributed by atoms with Gasteiger partial charge in [0.1, 0.15) is 11.6 Å². The largest absolute Gasteiger partial charge is 0.478 e. The van der Waals surface area contributed by atoms with E-state index in [0.29, 0.717) is 18.5 Å². The third kappa shape index (κ3) is 4.07. The first-order valence-electron chi connectivity index (χ1n) is 8.44. The summed E-state index contributed by atoms with van der Waals surface area (Å²) >= 11 is 0. The molecule has 0 heterocycles. The Balaban J connectivity index is 1.52. The lowest BCUT2D eigenvalue weighted by Crippen LogP contribution is -2.32. The number of carboxylic acid groups (broad SMARTS) is 1. The number of carbonyl (C=O) groups is 2. The second-order valence-corrected chi connectivity index (χ2v) is 6.68. The Bertz CT molecular complexity index is 829. The Morgan fingerprint density at radius 3 is 2.35 bits per heavy atom. The first-order valence-corrected chi connectivity index (χ1v) is 8.44. The van der Waals surface area contributed by atoms with Gasteiger partial charge in [-0.1, -0.05) is 18.2 Å². The van der Waals surface area contributed by atoms with Gasteiger partial charge in [-0.3, -0.25) is 4.79 Å². The normalized spacial score (nSPS) is 14.7. The fraction of sp³-hybridized carbons (Fsp3) is 0.300. The molecule has 4 nitrogen and oxygen atoms in total. The lowest BCUT2D eigenvalue weighted by Gasteiger charge is -2.17. The first kappa shape index (κ1) is 18.0. The summed E-state index contributed by atoms with van der Waals surface area (Å²) < 4.78 is 27.0. The summed E-state index contributed by atoms with van der Waals surface area (Å²) in [5.74, 6) is -2.33. The van der Waals surface area contributed by atoms with Gasteiger partial charge in [0.2, 0.25) is 5.91 Å². The maximum atomic E-state index is 14.0. The number of hydrogen-bond donors (Lipinski definition) is 2. The van der Waals surface area contributed by atoms with E-state index in [1.165, 1.54) is 24.3 Å². The van der Waals surface area contributed by atoms with Gasteiger partial charge in [-0.2, -0.15) is 0 Å². The van der Waals surface area contributed by atoms with Gasteiger partial charge in [0, 0.05) is 24.4 Å². The SMILES string of the molecule is O=C(CCc1ccc(C(=O)O)cc1)NCC1(c2ccc(F)cc2F)CC1. The van der Waals surface area contributed by atoms with E-state index in [4.69, 9.17) is 5.11 Å². The lowest BCUT2D eigenvalue weighted by atomic mass is 9.95. The molecule has 0 aromatic heterocycles. The number of carbonyl (C=O) groups excluding carboxylic acids is 1. The van der Waals surface area contributed by atoms with Gasteiger partial charge in [0.25, 0.3) is 0 Å². The zero-order valence-electron chi connectivity index (χ0n) is 14.1. The summed E-state index contributed by atoms with van der Waals surface area (Å²) in [5.41, 5.74) is 1.09. The van der Waals surface area contributed by atoms with Crippen LogP contribution in [0, 0.1) is 11.6 Å². The molecule has 2 N–H and O–H groups in total. The summed E-state index contributed by atoms with van der Waals surface area (Å²) in [4.78, 5) is 22.9. The molecule has 2 aromatic carbocycles. The van der Waals surface area contributed by atoms with Crippen LogP contribution in [0.4, 0.5) is 8.78 Å². The number of hydrogen-bond acceptors (Lipinski definition) is 2. The molecule has 0 spiro atoms. The Morgan fingerprint density at radius 1 is 1.08 bits per heavy atom. The quantitative estimate of drug-likeness (QED) is 0.796. The number of rotatable bonds is 7. The molecule has 0 atom stereocenters.